The molecule has 2 aliphatic rings. The lowest BCUT2D eigenvalue weighted by molar-refractivity contribution is -0.147. The molecule has 1 aromatic carbocycles. The van der Waals surface area contributed by atoms with Gasteiger partial charge in [-0.1, -0.05) is 18.2 Å². The van der Waals surface area contributed by atoms with Crippen molar-refractivity contribution in [1.29, 1.82) is 0 Å². The fourth-order valence-corrected chi connectivity index (χ4v) is 3.07. The van der Waals surface area contributed by atoms with Crippen molar-refractivity contribution >= 4 is 11.7 Å². The minimum absolute atomic E-state index is 0.105. The van der Waals surface area contributed by atoms with Crippen LogP contribution in [0.2, 0.25) is 0 Å². The van der Waals surface area contributed by atoms with Gasteiger partial charge in [0.25, 0.3) is 0 Å². The zero-order valence-electron chi connectivity index (χ0n) is 9.78. The Morgan fingerprint density at radius 3 is 2.75 bits per heavy atom. The zero-order valence-corrected chi connectivity index (χ0v) is 9.78. The predicted octanol–water partition coefficient (Wildman–Crippen LogP) is 2.06. The molecule has 0 amide bonds. The minimum atomic E-state index is -0.534. The molecule has 0 bridgehead atoms. The highest BCUT2D eigenvalue weighted by atomic mass is 16.6. The highest BCUT2D eigenvalue weighted by molar-refractivity contribution is 5.81. The maximum Gasteiger partial charge on any atom is 0.309 e. The van der Waals surface area contributed by atoms with E-state index in [1.165, 1.54) is 11.3 Å². The number of hydrogen-bond donors (Lipinski definition) is 0. The number of fused-ring (bicyclic) bond motifs is 3. The van der Waals surface area contributed by atoms with Crippen LogP contribution in [0, 0.1) is 0 Å². The second-order valence-corrected chi connectivity index (χ2v) is 5.04. The Balaban J connectivity index is 2.27. The molecule has 0 spiro atoms. The molecule has 0 unspecified atom stereocenters. The zero-order chi connectivity index (χ0) is 11.6. The molecule has 1 fully saturated rings. The van der Waals surface area contributed by atoms with E-state index in [0.717, 1.165) is 0 Å². The molecule has 84 valence electrons. The van der Waals surface area contributed by atoms with Crippen LogP contribution in [-0.4, -0.2) is 18.7 Å². The van der Waals surface area contributed by atoms with E-state index in [1.54, 1.807) is 0 Å². The topological polar surface area (TPSA) is 29.5 Å². The smallest absolute Gasteiger partial charge is 0.309 e. The molecule has 0 radical (unpaired) electrons. The van der Waals surface area contributed by atoms with Gasteiger partial charge in [0.2, 0.25) is 0 Å². The van der Waals surface area contributed by atoms with Crippen molar-refractivity contribution in [3.63, 3.8) is 0 Å². The van der Waals surface area contributed by atoms with Crippen LogP contribution in [0.4, 0.5) is 5.69 Å². The molecule has 16 heavy (non-hydrogen) atoms. The standard InChI is InChI=1S/C13H15NO2/c1-12-8-11(15)16-13(12,2)14(3)10-7-5-4-6-9(10)12/h4-7H,8H2,1-3H3/t12-,13+/m0/s1. The first kappa shape index (κ1) is 9.70. The van der Waals surface area contributed by atoms with Crippen molar-refractivity contribution in [2.75, 3.05) is 11.9 Å². The van der Waals surface area contributed by atoms with Crippen molar-refractivity contribution in [1.82, 2.24) is 0 Å². The lowest BCUT2D eigenvalue weighted by atomic mass is 9.76. The third-order valence-electron chi connectivity index (χ3n) is 4.33. The van der Waals surface area contributed by atoms with E-state index in [0.29, 0.717) is 6.42 Å². The third-order valence-corrected chi connectivity index (χ3v) is 4.33. The average Bonchev–Trinajstić information content (AvgIpc) is 2.57. The summed E-state index contributed by atoms with van der Waals surface area (Å²) in [6.45, 7) is 4.11. The number of carbonyl (C=O) groups is 1. The second kappa shape index (κ2) is 2.59. The fourth-order valence-electron chi connectivity index (χ4n) is 3.07. The van der Waals surface area contributed by atoms with Crippen LogP contribution < -0.4 is 4.90 Å². The number of hydrogen-bond acceptors (Lipinski definition) is 3. The molecule has 1 aromatic rings. The van der Waals surface area contributed by atoms with Gasteiger partial charge in [0.15, 0.2) is 5.72 Å². The van der Waals surface area contributed by atoms with Gasteiger partial charge in [0, 0.05) is 12.7 Å². The van der Waals surface area contributed by atoms with Gasteiger partial charge in [-0.15, -0.1) is 0 Å². The highest BCUT2D eigenvalue weighted by Gasteiger charge is 2.63. The molecular weight excluding hydrogens is 202 g/mol. The summed E-state index contributed by atoms with van der Waals surface area (Å²) in [6, 6.07) is 8.22. The van der Waals surface area contributed by atoms with Crippen LogP contribution in [0.25, 0.3) is 0 Å². The molecule has 0 N–H and O–H groups in total. The molecule has 3 heteroatoms. The highest BCUT2D eigenvalue weighted by Crippen LogP contribution is 2.56. The first-order valence-corrected chi connectivity index (χ1v) is 5.54. The summed E-state index contributed by atoms with van der Waals surface area (Å²) in [5.41, 5.74) is 1.62. The Bertz CT molecular complexity index is 485. The number of benzene rings is 1. The van der Waals surface area contributed by atoms with Crippen LogP contribution in [0.1, 0.15) is 25.8 Å². The van der Waals surface area contributed by atoms with E-state index in [9.17, 15) is 4.79 Å². The van der Waals surface area contributed by atoms with Crippen molar-refractivity contribution in [3.05, 3.63) is 29.8 Å². The number of nitrogens with zero attached hydrogens (tertiary/aromatic N) is 1. The normalized spacial score (nSPS) is 35.9. The number of para-hydroxylation sites is 1. The van der Waals surface area contributed by atoms with Crippen molar-refractivity contribution in [2.45, 2.75) is 31.4 Å². The lowest BCUT2D eigenvalue weighted by Crippen LogP contribution is -2.50. The van der Waals surface area contributed by atoms with E-state index >= 15 is 0 Å². The second-order valence-electron chi connectivity index (χ2n) is 5.04. The van der Waals surface area contributed by atoms with Gasteiger partial charge < -0.3 is 9.64 Å². The molecule has 2 aliphatic heterocycles. The first-order chi connectivity index (χ1) is 7.49. The Kier molecular flexibility index (Phi) is 1.57. The average molecular weight is 217 g/mol. The summed E-state index contributed by atoms with van der Waals surface area (Å²) in [5, 5.41) is 0. The monoisotopic (exact) mass is 217 g/mol. The Labute approximate surface area is 95.0 Å². The Morgan fingerprint density at radius 1 is 1.31 bits per heavy atom. The number of esters is 1. The van der Waals surface area contributed by atoms with Gasteiger partial charge in [0.1, 0.15) is 0 Å². The Hall–Kier alpha value is -1.51. The molecule has 0 aliphatic carbocycles. The van der Waals surface area contributed by atoms with Crippen LogP contribution in [-0.2, 0) is 14.9 Å². The van der Waals surface area contributed by atoms with Gasteiger partial charge in [-0.25, -0.2) is 0 Å². The molecule has 0 aromatic heterocycles. The van der Waals surface area contributed by atoms with E-state index in [-0.39, 0.29) is 11.4 Å². The summed E-state index contributed by atoms with van der Waals surface area (Å²) in [4.78, 5) is 13.7. The Morgan fingerprint density at radius 2 is 2.00 bits per heavy atom. The first-order valence-electron chi connectivity index (χ1n) is 5.54. The number of likely N-dealkylation sites (N-methyl/N-ethyl adjacent to an activating group) is 1. The van der Waals surface area contributed by atoms with E-state index in [2.05, 4.69) is 24.0 Å². The number of ether oxygens (including phenoxy) is 1. The fraction of sp³-hybridized carbons (Fsp3) is 0.462. The van der Waals surface area contributed by atoms with Gasteiger partial charge >= 0.3 is 5.97 Å². The molecule has 3 rings (SSSR count). The quantitative estimate of drug-likeness (QED) is 0.623. The summed E-state index contributed by atoms with van der Waals surface area (Å²) in [6.07, 6.45) is 0.463. The maximum atomic E-state index is 11.6. The summed E-state index contributed by atoms with van der Waals surface area (Å²) >= 11 is 0. The molecule has 0 saturated carbocycles. The summed E-state index contributed by atoms with van der Waals surface area (Å²) in [5.74, 6) is -0.105. The van der Waals surface area contributed by atoms with Crippen LogP contribution in [0.15, 0.2) is 24.3 Å². The largest absolute Gasteiger partial charge is 0.438 e. The molecule has 3 nitrogen and oxygen atoms in total. The predicted molar refractivity (Wildman–Crippen MR) is 61.3 cm³/mol. The van der Waals surface area contributed by atoms with Crippen molar-refractivity contribution < 1.29 is 9.53 Å². The lowest BCUT2D eigenvalue weighted by Gasteiger charge is -2.37. The number of anilines is 1. The van der Waals surface area contributed by atoms with E-state index in [4.69, 9.17) is 4.74 Å². The third kappa shape index (κ3) is 0.833. The van der Waals surface area contributed by atoms with Gasteiger partial charge in [-0.2, -0.15) is 0 Å². The molecular formula is C13H15NO2. The van der Waals surface area contributed by atoms with E-state index in [1.807, 2.05) is 26.1 Å². The summed E-state index contributed by atoms with van der Waals surface area (Å²) < 4.78 is 5.56. The molecule has 2 atom stereocenters. The maximum absolute atomic E-state index is 11.6. The summed E-state index contributed by atoms with van der Waals surface area (Å²) in [7, 11) is 1.99. The van der Waals surface area contributed by atoms with Gasteiger partial charge in [-0.05, 0) is 25.5 Å². The van der Waals surface area contributed by atoms with Crippen LogP contribution in [0.5, 0.6) is 0 Å². The molecule has 1 saturated heterocycles. The van der Waals surface area contributed by atoms with E-state index < -0.39 is 5.72 Å². The molecule has 2 heterocycles. The van der Waals surface area contributed by atoms with Crippen LogP contribution >= 0.6 is 0 Å². The van der Waals surface area contributed by atoms with Crippen LogP contribution in [0.3, 0.4) is 0 Å². The van der Waals surface area contributed by atoms with Gasteiger partial charge in [-0.3, -0.25) is 4.79 Å². The number of rotatable bonds is 0. The van der Waals surface area contributed by atoms with Crippen molar-refractivity contribution in [3.8, 4) is 0 Å². The SMILES string of the molecule is CN1c2ccccc2[C@]2(C)CC(=O)O[C@@]12C. The van der Waals surface area contributed by atoms with Crippen molar-refractivity contribution in [2.24, 2.45) is 0 Å². The van der Waals surface area contributed by atoms with Gasteiger partial charge in [0.05, 0.1) is 11.8 Å². The number of carbonyl (C=O) groups excluding carboxylic acids is 1. The minimum Gasteiger partial charge on any atom is -0.438 e.